The minimum absolute atomic E-state index is 0.290. The third-order valence-corrected chi connectivity index (χ3v) is 6.04. The number of nitrogens with zero attached hydrogens (tertiary/aromatic N) is 2. The number of hydrogen-bond donors (Lipinski definition) is 0. The molecule has 0 N–H and O–H groups in total. The first kappa shape index (κ1) is 12.3. The fraction of sp³-hybridized carbons (Fsp3) is 0.556. The molecule has 88 valence electrons. The molecule has 1 atom stereocenters. The SMILES string of the molecule is O=S1(=O)CCCC1Cc1cc(Br)c(Cl)nn1. The third kappa shape index (κ3) is 2.55. The molecule has 1 aliphatic rings. The van der Waals surface area contributed by atoms with Crippen LogP contribution < -0.4 is 0 Å². The molecule has 1 aromatic rings. The predicted octanol–water partition coefficient (Wildman–Crippen LogP) is 2.01. The van der Waals surface area contributed by atoms with Gasteiger partial charge in [-0.15, -0.1) is 5.10 Å². The molecule has 0 aromatic carbocycles. The van der Waals surface area contributed by atoms with E-state index in [0.29, 0.717) is 28.8 Å². The molecule has 1 aromatic heterocycles. The summed E-state index contributed by atoms with van der Waals surface area (Å²) in [5.41, 5.74) is 0.659. The van der Waals surface area contributed by atoms with Crippen molar-refractivity contribution in [2.75, 3.05) is 5.75 Å². The van der Waals surface area contributed by atoms with Gasteiger partial charge in [0.25, 0.3) is 0 Å². The van der Waals surface area contributed by atoms with Crippen LogP contribution >= 0.6 is 27.5 Å². The topological polar surface area (TPSA) is 59.9 Å². The Hall–Kier alpha value is -0.200. The summed E-state index contributed by atoms with van der Waals surface area (Å²) in [5.74, 6) is 0.292. The van der Waals surface area contributed by atoms with Crippen LogP contribution in [-0.4, -0.2) is 29.6 Å². The van der Waals surface area contributed by atoms with Crippen LogP contribution in [0.1, 0.15) is 18.5 Å². The molecular formula is C9H10BrClN2O2S. The van der Waals surface area contributed by atoms with Crippen LogP contribution in [0, 0.1) is 0 Å². The monoisotopic (exact) mass is 324 g/mol. The molecule has 1 saturated heterocycles. The van der Waals surface area contributed by atoms with Crippen LogP contribution in [0.2, 0.25) is 5.15 Å². The minimum atomic E-state index is -2.92. The Balaban J connectivity index is 2.18. The van der Waals surface area contributed by atoms with Gasteiger partial charge in [-0.3, -0.25) is 0 Å². The third-order valence-electron chi connectivity index (χ3n) is 2.66. The molecule has 1 aliphatic heterocycles. The van der Waals surface area contributed by atoms with Crippen molar-refractivity contribution >= 4 is 37.4 Å². The zero-order chi connectivity index (χ0) is 11.8. The van der Waals surface area contributed by atoms with Gasteiger partial charge in [0, 0.05) is 6.42 Å². The van der Waals surface area contributed by atoms with Crippen LogP contribution in [0.15, 0.2) is 10.5 Å². The van der Waals surface area contributed by atoms with E-state index >= 15 is 0 Å². The fourth-order valence-corrected chi connectivity index (χ4v) is 4.10. The summed E-state index contributed by atoms with van der Waals surface area (Å²) < 4.78 is 23.9. The molecule has 2 rings (SSSR count). The second kappa shape index (κ2) is 4.58. The van der Waals surface area contributed by atoms with E-state index in [4.69, 9.17) is 11.6 Å². The van der Waals surface area contributed by atoms with Gasteiger partial charge in [0.1, 0.15) is 0 Å². The molecule has 0 radical (unpaired) electrons. The summed E-state index contributed by atoms with van der Waals surface area (Å²) >= 11 is 8.95. The molecule has 1 fully saturated rings. The quantitative estimate of drug-likeness (QED) is 0.834. The Morgan fingerprint density at radius 1 is 1.50 bits per heavy atom. The summed E-state index contributed by atoms with van der Waals surface area (Å²) in [6.45, 7) is 0. The number of rotatable bonds is 2. The molecule has 0 spiro atoms. The Morgan fingerprint density at radius 3 is 2.81 bits per heavy atom. The van der Waals surface area contributed by atoms with Gasteiger partial charge in [0.15, 0.2) is 15.0 Å². The number of sulfone groups is 1. The molecular weight excluding hydrogens is 316 g/mol. The van der Waals surface area contributed by atoms with Crippen molar-refractivity contribution < 1.29 is 8.42 Å². The van der Waals surface area contributed by atoms with E-state index in [1.54, 1.807) is 6.07 Å². The van der Waals surface area contributed by atoms with Gasteiger partial charge >= 0.3 is 0 Å². The summed E-state index contributed by atoms with van der Waals surface area (Å²) in [7, 11) is -2.92. The van der Waals surface area contributed by atoms with Gasteiger partial charge < -0.3 is 0 Å². The van der Waals surface area contributed by atoms with Crippen molar-refractivity contribution in [3.8, 4) is 0 Å². The predicted molar refractivity (Wildman–Crippen MR) is 65.3 cm³/mol. The minimum Gasteiger partial charge on any atom is -0.229 e. The maximum Gasteiger partial charge on any atom is 0.165 e. The van der Waals surface area contributed by atoms with Crippen molar-refractivity contribution in [2.24, 2.45) is 0 Å². The fourth-order valence-electron chi connectivity index (χ4n) is 1.81. The lowest BCUT2D eigenvalue weighted by molar-refractivity contribution is 0.587. The Labute approximate surface area is 107 Å². The van der Waals surface area contributed by atoms with Crippen LogP contribution in [0.3, 0.4) is 0 Å². The van der Waals surface area contributed by atoms with Crippen LogP contribution in [0.25, 0.3) is 0 Å². The average molecular weight is 326 g/mol. The molecule has 0 saturated carbocycles. The van der Waals surface area contributed by atoms with Gasteiger partial charge in [0.2, 0.25) is 0 Å². The zero-order valence-electron chi connectivity index (χ0n) is 8.36. The first-order chi connectivity index (χ1) is 7.49. The smallest absolute Gasteiger partial charge is 0.165 e. The average Bonchev–Trinajstić information content (AvgIpc) is 2.52. The van der Waals surface area contributed by atoms with E-state index in [2.05, 4.69) is 26.1 Å². The molecule has 0 aliphatic carbocycles. The highest BCUT2D eigenvalue weighted by atomic mass is 79.9. The standard InChI is InChI=1S/C9H10BrClN2O2S/c10-8-5-6(12-13-9(8)11)4-7-2-1-3-16(7,14)15/h5,7H,1-4H2. The van der Waals surface area contributed by atoms with Crippen molar-refractivity contribution in [1.29, 1.82) is 0 Å². The van der Waals surface area contributed by atoms with E-state index in [0.717, 1.165) is 6.42 Å². The van der Waals surface area contributed by atoms with Crippen LogP contribution in [-0.2, 0) is 16.3 Å². The van der Waals surface area contributed by atoms with Gasteiger partial charge in [-0.1, -0.05) is 11.6 Å². The summed E-state index contributed by atoms with van der Waals surface area (Å²) in [6, 6.07) is 1.73. The maximum atomic E-state index is 11.6. The summed E-state index contributed by atoms with van der Waals surface area (Å²) in [4.78, 5) is 0. The first-order valence-corrected chi connectivity index (χ1v) is 7.77. The van der Waals surface area contributed by atoms with Gasteiger partial charge in [-0.05, 0) is 34.8 Å². The largest absolute Gasteiger partial charge is 0.229 e. The molecule has 7 heteroatoms. The Kier molecular flexibility index (Phi) is 3.51. The maximum absolute atomic E-state index is 11.6. The molecule has 4 nitrogen and oxygen atoms in total. The summed E-state index contributed by atoms with van der Waals surface area (Å²) in [6.07, 6.45) is 1.88. The summed E-state index contributed by atoms with van der Waals surface area (Å²) in [5, 5.41) is 7.61. The van der Waals surface area contributed by atoms with Crippen molar-refractivity contribution in [1.82, 2.24) is 10.2 Å². The first-order valence-electron chi connectivity index (χ1n) is 4.88. The van der Waals surface area contributed by atoms with E-state index in [9.17, 15) is 8.42 Å². The van der Waals surface area contributed by atoms with E-state index in [-0.39, 0.29) is 10.4 Å². The van der Waals surface area contributed by atoms with E-state index in [1.807, 2.05) is 0 Å². The second-order valence-electron chi connectivity index (χ2n) is 3.81. The molecule has 0 bridgehead atoms. The van der Waals surface area contributed by atoms with Crippen LogP contribution in [0.4, 0.5) is 0 Å². The highest BCUT2D eigenvalue weighted by molar-refractivity contribution is 9.10. The van der Waals surface area contributed by atoms with Crippen molar-refractivity contribution in [3.63, 3.8) is 0 Å². The van der Waals surface area contributed by atoms with Gasteiger partial charge in [-0.2, -0.15) is 5.10 Å². The van der Waals surface area contributed by atoms with Crippen molar-refractivity contribution in [3.05, 3.63) is 21.4 Å². The highest BCUT2D eigenvalue weighted by Gasteiger charge is 2.31. The van der Waals surface area contributed by atoms with E-state index < -0.39 is 9.84 Å². The Bertz CT molecular complexity index is 506. The molecule has 1 unspecified atom stereocenters. The molecule has 16 heavy (non-hydrogen) atoms. The van der Waals surface area contributed by atoms with Gasteiger partial charge in [-0.25, -0.2) is 8.42 Å². The Morgan fingerprint density at radius 2 is 2.25 bits per heavy atom. The zero-order valence-corrected chi connectivity index (χ0v) is 11.5. The van der Waals surface area contributed by atoms with Crippen molar-refractivity contribution in [2.45, 2.75) is 24.5 Å². The lowest BCUT2D eigenvalue weighted by atomic mass is 10.1. The highest BCUT2D eigenvalue weighted by Crippen LogP contribution is 2.25. The van der Waals surface area contributed by atoms with E-state index in [1.165, 1.54) is 0 Å². The second-order valence-corrected chi connectivity index (χ2v) is 7.42. The van der Waals surface area contributed by atoms with Crippen LogP contribution in [0.5, 0.6) is 0 Å². The number of aromatic nitrogens is 2. The molecule has 2 heterocycles. The lowest BCUT2D eigenvalue weighted by Crippen LogP contribution is -2.19. The normalized spacial score (nSPS) is 23.5. The number of halogens is 2. The lowest BCUT2D eigenvalue weighted by Gasteiger charge is -2.08. The number of hydrogen-bond acceptors (Lipinski definition) is 4. The molecule has 0 amide bonds. The van der Waals surface area contributed by atoms with Gasteiger partial charge in [0.05, 0.1) is 21.2 Å².